The van der Waals surface area contributed by atoms with Crippen molar-refractivity contribution in [3.05, 3.63) is 52.1 Å². The first-order valence-electron chi connectivity index (χ1n) is 9.32. The van der Waals surface area contributed by atoms with Crippen molar-refractivity contribution < 1.29 is 36.1 Å². The Kier molecular flexibility index (Phi) is 7.61. The number of nitrogens with zero attached hydrogens (tertiary/aromatic N) is 4. The number of azo groups is 1. The molecule has 0 atom stereocenters. The number of hydrogen-bond acceptors (Lipinski definition) is 6. The monoisotopic (exact) mass is 477 g/mol. The fraction of sp³-hybridized carbons (Fsp3) is 0.316. The molecule has 2 aromatic carbocycles. The van der Waals surface area contributed by atoms with Gasteiger partial charge in [-0.25, -0.2) is 0 Å². The maximum absolute atomic E-state index is 13.3. The van der Waals surface area contributed by atoms with E-state index in [0.29, 0.717) is 24.8 Å². The summed E-state index contributed by atoms with van der Waals surface area (Å²) < 4.78 is 78.1. The second kappa shape index (κ2) is 9.83. The van der Waals surface area contributed by atoms with Gasteiger partial charge in [0, 0.05) is 30.9 Å². The van der Waals surface area contributed by atoms with Gasteiger partial charge in [0.15, 0.2) is 0 Å². The second-order valence-corrected chi connectivity index (χ2v) is 6.48. The highest BCUT2D eigenvalue weighted by Gasteiger charge is 2.39. The average molecular weight is 477 g/mol. The average Bonchev–Trinajstić information content (AvgIpc) is 2.72. The number of carbonyl (C=O) groups is 1. The second-order valence-electron chi connectivity index (χ2n) is 6.48. The predicted octanol–water partition coefficient (Wildman–Crippen LogP) is 6.38. The number of alkyl halides is 6. The molecule has 0 aromatic heterocycles. The van der Waals surface area contributed by atoms with E-state index in [-0.39, 0.29) is 11.8 Å². The van der Waals surface area contributed by atoms with Gasteiger partial charge >= 0.3 is 18.3 Å². The van der Waals surface area contributed by atoms with Crippen molar-refractivity contribution in [2.45, 2.75) is 26.2 Å². The normalized spacial score (nSPS) is 12.1. The van der Waals surface area contributed by atoms with Crippen LogP contribution in [-0.4, -0.2) is 30.1 Å². The Balaban J connectivity index is 2.55. The van der Waals surface area contributed by atoms with Gasteiger partial charge in [-0.1, -0.05) is 0 Å². The topological polar surface area (TPSA) is 100 Å². The van der Waals surface area contributed by atoms with Crippen LogP contribution < -0.4 is 10.2 Å². The lowest BCUT2D eigenvalue weighted by molar-refractivity contribution is -0.385. The molecule has 33 heavy (non-hydrogen) atoms. The first-order valence-corrected chi connectivity index (χ1v) is 9.32. The van der Waals surface area contributed by atoms with E-state index in [1.165, 1.54) is 18.2 Å². The van der Waals surface area contributed by atoms with E-state index in [9.17, 15) is 41.3 Å². The lowest BCUT2D eigenvalue weighted by atomic mass is 10.1. The van der Waals surface area contributed by atoms with Gasteiger partial charge in [-0.3, -0.25) is 14.9 Å². The maximum Gasteiger partial charge on any atom is 0.471 e. The van der Waals surface area contributed by atoms with Crippen LogP contribution in [0.1, 0.15) is 19.4 Å². The summed E-state index contributed by atoms with van der Waals surface area (Å²) in [5, 5.41) is 19.4. The Bertz CT molecular complexity index is 1060. The summed E-state index contributed by atoms with van der Waals surface area (Å²) in [6.45, 7) is 4.56. The van der Waals surface area contributed by atoms with Crippen LogP contribution in [0.3, 0.4) is 0 Å². The molecule has 0 heterocycles. The number of carbonyl (C=O) groups excluding carboxylic acids is 1. The quantitative estimate of drug-likeness (QED) is 0.217. The third kappa shape index (κ3) is 6.40. The number of rotatable bonds is 7. The van der Waals surface area contributed by atoms with Gasteiger partial charge in [0.2, 0.25) is 0 Å². The highest BCUT2D eigenvalue weighted by molar-refractivity contribution is 5.97. The van der Waals surface area contributed by atoms with Crippen molar-refractivity contribution in [3.63, 3.8) is 0 Å². The molecule has 0 radical (unpaired) electrons. The number of non-ortho nitro benzene ring substituents is 1. The molecular formula is C19H17F6N5O3. The van der Waals surface area contributed by atoms with Crippen molar-refractivity contribution in [1.82, 2.24) is 0 Å². The van der Waals surface area contributed by atoms with Gasteiger partial charge in [0.25, 0.3) is 5.69 Å². The number of hydrogen-bond donors (Lipinski definition) is 1. The van der Waals surface area contributed by atoms with Gasteiger partial charge in [-0.05, 0) is 38.1 Å². The molecule has 0 saturated heterocycles. The highest BCUT2D eigenvalue weighted by Crippen LogP contribution is 2.40. The molecule has 2 rings (SSSR count). The first-order chi connectivity index (χ1) is 15.3. The molecule has 0 aliphatic rings. The van der Waals surface area contributed by atoms with Crippen molar-refractivity contribution >= 4 is 34.3 Å². The lowest BCUT2D eigenvalue weighted by Gasteiger charge is -2.22. The van der Waals surface area contributed by atoms with Gasteiger partial charge in [0.1, 0.15) is 5.69 Å². The number of anilines is 2. The van der Waals surface area contributed by atoms with E-state index in [1.54, 1.807) is 24.1 Å². The van der Waals surface area contributed by atoms with Crippen molar-refractivity contribution in [2.75, 3.05) is 23.3 Å². The largest absolute Gasteiger partial charge is 0.471 e. The first kappa shape index (κ1) is 25.5. The molecule has 0 saturated carbocycles. The van der Waals surface area contributed by atoms with Crippen LogP contribution in [-0.2, 0) is 11.0 Å². The fourth-order valence-electron chi connectivity index (χ4n) is 2.75. The van der Waals surface area contributed by atoms with Crippen LogP contribution in [0.25, 0.3) is 0 Å². The Morgan fingerprint density at radius 2 is 1.58 bits per heavy atom. The zero-order chi connectivity index (χ0) is 25.0. The highest BCUT2D eigenvalue weighted by atomic mass is 19.4. The Morgan fingerprint density at radius 1 is 1.00 bits per heavy atom. The van der Waals surface area contributed by atoms with E-state index < -0.39 is 45.8 Å². The van der Waals surface area contributed by atoms with Crippen LogP contribution in [0.5, 0.6) is 0 Å². The SMILES string of the molecule is CCN(CC)c1ccc(N=Nc2ccc([N+](=O)[O-])cc2C(F)(F)F)c(NC(=O)C(F)(F)F)c1. The number of benzene rings is 2. The number of nitrogens with one attached hydrogen (secondary N) is 1. The molecule has 14 heteroatoms. The van der Waals surface area contributed by atoms with E-state index >= 15 is 0 Å². The lowest BCUT2D eigenvalue weighted by Crippen LogP contribution is -2.30. The molecule has 1 N–H and O–H groups in total. The molecule has 0 bridgehead atoms. The van der Waals surface area contributed by atoms with E-state index in [2.05, 4.69) is 10.2 Å². The Labute approximate surface area is 183 Å². The van der Waals surface area contributed by atoms with Gasteiger partial charge in [-0.2, -0.15) is 26.3 Å². The smallest absolute Gasteiger partial charge is 0.372 e. The minimum absolute atomic E-state index is 0.268. The van der Waals surface area contributed by atoms with Crippen molar-refractivity contribution in [3.8, 4) is 0 Å². The molecule has 8 nitrogen and oxygen atoms in total. The molecule has 1 amide bonds. The summed E-state index contributed by atoms with van der Waals surface area (Å²) in [5.41, 5.74) is -3.43. The van der Waals surface area contributed by atoms with Gasteiger partial charge in [0.05, 0.1) is 21.9 Å². The number of halogens is 6. The summed E-state index contributed by atoms with van der Waals surface area (Å²) in [7, 11) is 0. The molecule has 0 aliphatic heterocycles. The van der Waals surface area contributed by atoms with E-state index in [1.807, 2.05) is 0 Å². The van der Waals surface area contributed by atoms with E-state index in [4.69, 9.17) is 0 Å². The Morgan fingerprint density at radius 3 is 2.09 bits per heavy atom. The molecule has 0 aliphatic carbocycles. The van der Waals surface area contributed by atoms with Crippen LogP contribution in [0.2, 0.25) is 0 Å². The molecule has 0 unspecified atom stereocenters. The maximum atomic E-state index is 13.3. The van der Waals surface area contributed by atoms with Crippen molar-refractivity contribution in [2.24, 2.45) is 10.2 Å². The third-order valence-corrected chi connectivity index (χ3v) is 4.38. The standard InChI is InChI=1S/C19H17F6N5O3/c1-3-29(4-2)11-5-8-15(16(10-11)26-17(31)19(23,24)25)28-27-14-7-6-12(30(32)33)9-13(14)18(20,21)22/h5-10H,3-4H2,1-2H3,(H,26,31). The molecular weight excluding hydrogens is 460 g/mol. The Hall–Kier alpha value is -3.71. The summed E-state index contributed by atoms with van der Waals surface area (Å²) in [5.74, 6) is -2.30. The van der Waals surface area contributed by atoms with Gasteiger partial charge in [-0.15, -0.1) is 10.2 Å². The zero-order valence-electron chi connectivity index (χ0n) is 17.2. The molecule has 0 fully saturated rings. The fourth-order valence-corrected chi connectivity index (χ4v) is 2.75. The third-order valence-electron chi connectivity index (χ3n) is 4.38. The van der Waals surface area contributed by atoms with E-state index in [0.717, 1.165) is 6.07 Å². The summed E-state index contributed by atoms with van der Waals surface area (Å²) in [6.07, 6.45) is -10.2. The summed E-state index contributed by atoms with van der Waals surface area (Å²) >= 11 is 0. The van der Waals surface area contributed by atoms with Crippen LogP contribution in [0, 0.1) is 10.1 Å². The number of nitro groups is 1. The predicted molar refractivity (Wildman–Crippen MR) is 107 cm³/mol. The van der Waals surface area contributed by atoms with Crippen LogP contribution in [0.15, 0.2) is 46.6 Å². The molecule has 2 aromatic rings. The van der Waals surface area contributed by atoms with Crippen LogP contribution >= 0.6 is 0 Å². The zero-order valence-corrected chi connectivity index (χ0v) is 17.2. The number of nitro benzene ring substituents is 1. The summed E-state index contributed by atoms with van der Waals surface area (Å²) in [4.78, 5) is 22.9. The summed E-state index contributed by atoms with van der Waals surface area (Å²) in [6, 6.07) is 5.57. The molecule has 178 valence electrons. The van der Waals surface area contributed by atoms with Crippen molar-refractivity contribution in [1.29, 1.82) is 0 Å². The minimum Gasteiger partial charge on any atom is -0.372 e. The van der Waals surface area contributed by atoms with Gasteiger partial charge < -0.3 is 10.2 Å². The minimum atomic E-state index is -5.22. The molecule has 0 spiro atoms. The van der Waals surface area contributed by atoms with Crippen LogP contribution in [0.4, 0.5) is 54.8 Å². The number of amides is 1.